The fraction of sp³-hybridized carbons (Fsp3) is 0.143. The summed E-state index contributed by atoms with van der Waals surface area (Å²) in [4.78, 5) is 0. The summed E-state index contributed by atoms with van der Waals surface area (Å²) < 4.78 is 35.0. The van der Waals surface area contributed by atoms with Crippen molar-refractivity contribution < 1.29 is 47.3 Å². The molecule has 0 aliphatic rings. The van der Waals surface area contributed by atoms with E-state index in [9.17, 15) is 13.0 Å². The van der Waals surface area contributed by atoms with Crippen LogP contribution in [0.4, 0.5) is 0 Å². The van der Waals surface area contributed by atoms with Crippen LogP contribution in [0.5, 0.6) is 5.75 Å². The zero-order valence-electron chi connectivity index (χ0n) is 7.14. The molecule has 0 aliphatic heterocycles. The monoisotopic (exact) mass is 210 g/mol. The van der Waals surface area contributed by atoms with E-state index in [1.165, 1.54) is 0 Å². The molecule has 1 rings (SSSR count). The number of hydrogen-bond donors (Lipinski definition) is 0. The quantitative estimate of drug-likeness (QED) is 0.411. The number of para-hydroxylation sites is 1. The molecule has 0 amide bonds. The Labute approximate surface area is 99.0 Å². The van der Waals surface area contributed by atoms with Crippen LogP contribution >= 0.6 is 0 Å². The van der Waals surface area contributed by atoms with Gasteiger partial charge in [-0.05, 0) is 12.1 Å². The molecule has 0 fully saturated rings. The van der Waals surface area contributed by atoms with Crippen molar-refractivity contribution >= 4 is 10.1 Å². The molecule has 0 unspecified atom stereocenters. The molecular formula is C7H7NaO4S. The van der Waals surface area contributed by atoms with Gasteiger partial charge in [0.15, 0.2) is 5.94 Å². The number of rotatable bonds is 3. The molecule has 4 nitrogen and oxygen atoms in total. The molecule has 1 aromatic rings. The number of benzene rings is 1. The topological polar surface area (TPSA) is 66.4 Å². The van der Waals surface area contributed by atoms with Gasteiger partial charge in [-0.15, -0.1) is 0 Å². The van der Waals surface area contributed by atoms with Crippen LogP contribution in [0.3, 0.4) is 0 Å². The Hall–Kier alpha value is -0.0700. The minimum absolute atomic E-state index is 0. The van der Waals surface area contributed by atoms with E-state index in [4.69, 9.17) is 0 Å². The second-order valence-corrected chi connectivity index (χ2v) is 3.48. The molecular weight excluding hydrogens is 203 g/mol. The maximum atomic E-state index is 10.1. The first-order valence-electron chi connectivity index (χ1n) is 3.19. The first kappa shape index (κ1) is 12.9. The van der Waals surface area contributed by atoms with Gasteiger partial charge in [-0.2, -0.15) is 0 Å². The van der Waals surface area contributed by atoms with Crippen molar-refractivity contribution in [2.24, 2.45) is 0 Å². The molecule has 66 valence electrons. The minimum atomic E-state index is -4.29. The Kier molecular flexibility index (Phi) is 5.59. The zero-order chi connectivity index (χ0) is 9.03. The second-order valence-electron chi connectivity index (χ2n) is 2.13. The molecule has 6 heteroatoms. The molecule has 0 heterocycles. The first-order chi connectivity index (χ1) is 5.58. The van der Waals surface area contributed by atoms with Gasteiger partial charge in [0.25, 0.3) is 0 Å². The van der Waals surface area contributed by atoms with Crippen LogP contribution in [-0.2, 0) is 10.1 Å². The summed E-state index contributed by atoms with van der Waals surface area (Å²) in [5.41, 5.74) is 0. The molecule has 0 radical (unpaired) electrons. The van der Waals surface area contributed by atoms with E-state index in [-0.39, 0.29) is 29.6 Å². The first-order valence-corrected chi connectivity index (χ1v) is 4.77. The molecule has 13 heavy (non-hydrogen) atoms. The third kappa shape index (κ3) is 6.06. The molecule has 0 aromatic heterocycles. The van der Waals surface area contributed by atoms with Gasteiger partial charge in [-0.3, -0.25) is 0 Å². The van der Waals surface area contributed by atoms with Gasteiger partial charge < -0.3 is 9.29 Å². The zero-order valence-corrected chi connectivity index (χ0v) is 9.95. The molecule has 0 saturated heterocycles. The normalized spacial score (nSPS) is 10.2. The largest absolute Gasteiger partial charge is 1.00 e. The van der Waals surface area contributed by atoms with Crippen LogP contribution in [0.2, 0.25) is 0 Å². The molecule has 0 atom stereocenters. The van der Waals surface area contributed by atoms with Gasteiger partial charge >= 0.3 is 29.6 Å². The van der Waals surface area contributed by atoms with Crippen molar-refractivity contribution in [1.29, 1.82) is 0 Å². The molecule has 0 bridgehead atoms. The van der Waals surface area contributed by atoms with Gasteiger partial charge in [0, 0.05) is 0 Å². The van der Waals surface area contributed by atoms with E-state index in [0.29, 0.717) is 5.75 Å². The third-order valence-electron chi connectivity index (χ3n) is 1.11. The molecule has 0 N–H and O–H groups in total. The summed E-state index contributed by atoms with van der Waals surface area (Å²) in [6.07, 6.45) is 0. The maximum Gasteiger partial charge on any atom is 1.00 e. The maximum absolute atomic E-state index is 10.1. The Morgan fingerprint density at radius 1 is 1.23 bits per heavy atom. The number of hydrogen-bond acceptors (Lipinski definition) is 4. The summed E-state index contributed by atoms with van der Waals surface area (Å²) in [5, 5.41) is 0. The third-order valence-corrected chi connectivity index (χ3v) is 1.52. The van der Waals surface area contributed by atoms with E-state index in [0.717, 1.165) is 0 Å². The van der Waals surface area contributed by atoms with Gasteiger partial charge in [-0.25, -0.2) is 8.42 Å². The Bertz CT molecular complexity index is 335. The van der Waals surface area contributed by atoms with Crippen molar-refractivity contribution in [2.75, 3.05) is 5.94 Å². The van der Waals surface area contributed by atoms with Crippen LogP contribution in [0.15, 0.2) is 30.3 Å². The van der Waals surface area contributed by atoms with Gasteiger partial charge in [0.05, 0.1) is 0 Å². The summed E-state index contributed by atoms with van der Waals surface area (Å²) >= 11 is 0. The van der Waals surface area contributed by atoms with Gasteiger partial charge in [0.2, 0.25) is 0 Å². The van der Waals surface area contributed by atoms with Crippen LogP contribution in [0, 0.1) is 0 Å². The molecule has 0 aliphatic carbocycles. The van der Waals surface area contributed by atoms with Crippen LogP contribution in [0.1, 0.15) is 0 Å². The average molecular weight is 210 g/mol. The smallest absolute Gasteiger partial charge is 0.745 e. The predicted octanol–water partition coefficient (Wildman–Crippen LogP) is -2.43. The van der Waals surface area contributed by atoms with E-state index in [2.05, 4.69) is 4.74 Å². The van der Waals surface area contributed by atoms with E-state index in [1.54, 1.807) is 30.3 Å². The van der Waals surface area contributed by atoms with Crippen molar-refractivity contribution in [3.05, 3.63) is 30.3 Å². The predicted molar refractivity (Wildman–Crippen MR) is 41.6 cm³/mol. The Morgan fingerprint density at radius 2 is 1.77 bits per heavy atom. The van der Waals surface area contributed by atoms with Crippen molar-refractivity contribution in [3.63, 3.8) is 0 Å². The summed E-state index contributed by atoms with van der Waals surface area (Å²) in [5.74, 6) is -0.450. The second kappa shape index (κ2) is 5.62. The van der Waals surface area contributed by atoms with E-state index >= 15 is 0 Å². The minimum Gasteiger partial charge on any atom is -0.745 e. The SMILES string of the molecule is O=S(=O)([O-])COc1ccccc1.[Na+]. The van der Waals surface area contributed by atoms with Crippen molar-refractivity contribution in [3.8, 4) is 5.75 Å². The summed E-state index contributed by atoms with van der Waals surface area (Å²) in [6.45, 7) is 0. The fourth-order valence-corrected chi connectivity index (χ4v) is 0.937. The van der Waals surface area contributed by atoms with Crippen molar-refractivity contribution in [2.45, 2.75) is 0 Å². The Balaban J connectivity index is 0.00000144. The average Bonchev–Trinajstić information content (AvgIpc) is 2.02. The molecule has 0 saturated carbocycles. The number of ether oxygens (including phenoxy) is 1. The standard InChI is InChI=1S/C7H8O4S.Na/c8-12(9,10)6-11-7-4-2-1-3-5-7;/h1-5H,6H2,(H,8,9,10);/q;+1/p-1. The van der Waals surface area contributed by atoms with E-state index < -0.39 is 16.1 Å². The van der Waals surface area contributed by atoms with Gasteiger partial charge in [-0.1, -0.05) is 18.2 Å². The van der Waals surface area contributed by atoms with E-state index in [1.807, 2.05) is 0 Å². The van der Waals surface area contributed by atoms with Crippen LogP contribution in [0.25, 0.3) is 0 Å². The van der Waals surface area contributed by atoms with Crippen LogP contribution in [-0.4, -0.2) is 18.9 Å². The summed E-state index contributed by atoms with van der Waals surface area (Å²) in [7, 11) is -4.29. The Morgan fingerprint density at radius 3 is 2.23 bits per heavy atom. The summed E-state index contributed by atoms with van der Waals surface area (Å²) in [6, 6.07) is 8.29. The van der Waals surface area contributed by atoms with Crippen LogP contribution < -0.4 is 34.3 Å². The molecule has 1 aromatic carbocycles. The van der Waals surface area contributed by atoms with Crippen molar-refractivity contribution in [1.82, 2.24) is 0 Å². The van der Waals surface area contributed by atoms with Gasteiger partial charge in [0.1, 0.15) is 15.9 Å². The molecule has 0 spiro atoms. The fourth-order valence-electron chi connectivity index (χ4n) is 0.657.